The first-order valence-electron chi connectivity index (χ1n) is 6.31. The zero-order valence-electron chi connectivity index (χ0n) is 11.0. The van der Waals surface area contributed by atoms with Crippen molar-refractivity contribution in [2.75, 3.05) is 5.43 Å². The Balaban J connectivity index is 2.20. The van der Waals surface area contributed by atoms with Crippen molar-refractivity contribution < 1.29 is 13.2 Å². The van der Waals surface area contributed by atoms with Crippen LogP contribution >= 0.6 is 15.9 Å². The summed E-state index contributed by atoms with van der Waals surface area (Å²) in [5.74, 6) is 0. The van der Waals surface area contributed by atoms with E-state index in [1.165, 1.54) is 0 Å². The van der Waals surface area contributed by atoms with E-state index in [0.717, 1.165) is 0 Å². The Labute approximate surface area is 132 Å². The molecule has 0 saturated carbocycles. The Morgan fingerprint density at radius 3 is 1.95 bits per heavy atom. The first kappa shape index (κ1) is 14.8. The minimum Gasteiger partial charge on any atom is -0.276 e. The van der Waals surface area contributed by atoms with Crippen LogP contribution in [0, 0.1) is 0 Å². The van der Waals surface area contributed by atoms with E-state index in [9.17, 15) is 13.2 Å². The molecule has 0 amide bonds. The first-order valence-corrected chi connectivity index (χ1v) is 7.10. The normalized spacial score (nSPS) is 12.8. The number of nitrogens with zero attached hydrogens (tertiary/aromatic N) is 2. The van der Waals surface area contributed by atoms with Crippen LogP contribution in [-0.4, -0.2) is 15.8 Å². The van der Waals surface area contributed by atoms with Gasteiger partial charge in [0.25, 0.3) is 0 Å². The molecule has 0 aliphatic heterocycles. The molecule has 0 unspecified atom stereocenters. The Morgan fingerprint density at radius 2 is 1.45 bits per heavy atom. The Hall–Kier alpha value is -2.15. The second kappa shape index (κ2) is 5.57. The van der Waals surface area contributed by atoms with Crippen LogP contribution < -0.4 is 5.43 Å². The summed E-state index contributed by atoms with van der Waals surface area (Å²) in [6, 6.07) is 14.4. The average Bonchev–Trinajstić information content (AvgIpc) is 2.50. The van der Waals surface area contributed by atoms with Gasteiger partial charge >= 0.3 is 6.18 Å². The number of nitrogens with one attached hydrogen (secondary N) is 1. The van der Waals surface area contributed by atoms with Gasteiger partial charge < -0.3 is 0 Å². The fourth-order valence-corrected chi connectivity index (χ4v) is 2.22. The molecule has 0 spiro atoms. The molecule has 1 N–H and O–H groups in total. The molecule has 7 heteroatoms. The van der Waals surface area contributed by atoms with E-state index >= 15 is 0 Å². The monoisotopic (exact) mass is 367 g/mol. The summed E-state index contributed by atoms with van der Waals surface area (Å²) in [4.78, 5) is 4.49. The zero-order chi connectivity index (χ0) is 15.7. The van der Waals surface area contributed by atoms with Crippen LogP contribution in [0.4, 0.5) is 18.9 Å². The zero-order valence-corrected chi connectivity index (χ0v) is 12.6. The van der Waals surface area contributed by atoms with Crippen molar-refractivity contribution >= 4 is 48.0 Å². The van der Waals surface area contributed by atoms with Gasteiger partial charge in [-0.15, -0.1) is 0 Å². The van der Waals surface area contributed by atoms with Crippen LogP contribution in [0.1, 0.15) is 0 Å². The van der Waals surface area contributed by atoms with Crippen LogP contribution in [0.3, 0.4) is 0 Å². The van der Waals surface area contributed by atoms with Gasteiger partial charge in [-0.2, -0.15) is 18.3 Å². The lowest BCUT2D eigenvalue weighted by Gasteiger charge is -2.11. The molecule has 0 saturated heterocycles. The van der Waals surface area contributed by atoms with Crippen LogP contribution in [0.15, 0.2) is 53.6 Å². The third-order valence-electron chi connectivity index (χ3n) is 3.09. The number of alkyl halides is 3. The summed E-state index contributed by atoms with van der Waals surface area (Å²) in [6.07, 6.45) is -4.54. The molecule has 22 heavy (non-hydrogen) atoms. The van der Waals surface area contributed by atoms with Crippen LogP contribution in [-0.2, 0) is 0 Å². The molecule has 1 heterocycles. The van der Waals surface area contributed by atoms with Crippen LogP contribution in [0.5, 0.6) is 0 Å². The van der Waals surface area contributed by atoms with E-state index in [-0.39, 0.29) is 0 Å². The molecule has 2 aromatic carbocycles. The van der Waals surface area contributed by atoms with E-state index in [2.05, 4.69) is 31.4 Å². The molecule has 0 aliphatic rings. The van der Waals surface area contributed by atoms with E-state index < -0.39 is 10.8 Å². The summed E-state index contributed by atoms with van der Waals surface area (Å²) in [5.41, 5.74) is 4.37. The van der Waals surface area contributed by atoms with Crippen molar-refractivity contribution in [2.45, 2.75) is 6.18 Å². The highest BCUT2D eigenvalue weighted by atomic mass is 79.9. The van der Waals surface area contributed by atoms with Gasteiger partial charge in [0.05, 0.1) is 16.7 Å². The molecule has 0 bridgehead atoms. The number of pyridine rings is 1. The van der Waals surface area contributed by atoms with Gasteiger partial charge in [0, 0.05) is 10.8 Å². The van der Waals surface area contributed by atoms with Gasteiger partial charge in [-0.05, 0) is 28.1 Å². The molecule has 112 valence electrons. The molecule has 0 aliphatic carbocycles. The van der Waals surface area contributed by atoms with Crippen LogP contribution in [0.25, 0.3) is 21.8 Å². The summed E-state index contributed by atoms with van der Waals surface area (Å²) in [7, 11) is 0. The smallest absolute Gasteiger partial charge is 0.276 e. The molecule has 0 radical (unpaired) electrons. The lowest BCUT2D eigenvalue weighted by atomic mass is 10.1. The molecular formula is C15H9BrF3N3. The Morgan fingerprint density at radius 1 is 0.955 bits per heavy atom. The predicted octanol–water partition coefficient (Wildman–Crippen LogP) is 5.07. The number of rotatable bonds is 2. The number of halogens is 4. The largest absolute Gasteiger partial charge is 0.441 e. The van der Waals surface area contributed by atoms with Crippen molar-refractivity contribution in [1.82, 2.24) is 4.98 Å². The van der Waals surface area contributed by atoms with Gasteiger partial charge in [-0.3, -0.25) is 5.43 Å². The van der Waals surface area contributed by atoms with Crippen molar-refractivity contribution in [3.05, 3.63) is 48.5 Å². The van der Waals surface area contributed by atoms with E-state index in [0.29, 0.717) is 27.5 Å². The SMILES string of the molecule is FC(F)(F)/C(Br)=N/Nc1c2ccccc2nc2ccccc12. The predicted molar refractivity (Wildman–Crippen MR) is 85.3 cm³/mol. The highest BCUT2D eigenvalue weighted by Gasteiger charge is 2.34. The van der Waals surface area contributed by atoms with Gasteiger partial charge in [-0.1, -0.05) is 36.4 Å². The van der Waals surface area contributed by atoms with E-state index in [1.54, 1.807) is 36.4 Å². The second-order valence-corrected chi connectivity index (χ2v) is 5.28. The topological polar surface area (TPSA) is 37.3 Å². The number of benzene rings is 2. The lowest BCUT2D eigenvalue weighted by Crippen LogP contribution is -2.18. The second-order valence-electron chi connectivity index (χ2n) is 4.53. The van der Waals surface area contributed by atoms with E-state index in [1.807, 2.05) is 12.1 Å². The fraction of sp³-hybridized carbons (Fsp3) is 0.0667. The average molecular weight is 368 g/mol. The molecule has 3 rings (SSSR count). The fourth-order valence-electron chi connectivity index (χ4n) is 2.13. The molecular weight excluding hydrogens is 359 g/mol. The van der Waals surface area contributed by atoms with Crippen molar-refractivity contribution in [3.63, 3.8) is 0 Å². The molecule has 3 nitrogen and oxygen atoms in total. The maximum Gasteiger partial charge on any atom is 0.441 e. The highest BCUT2D eigenvalue weighted by Crippen LogP contribution is 2.31. The molecule has 0 fully saturated rings. The molecule has 3 aromatic rings. The van der Waals surface area contributed by atoms with Crippen molar-refractivity contribution in [2.24, 2.45) is 5.10 Å². The van der Waals surface area contributed by atoms with Crippen molar-refractivity contribution in [3.8, 4) is 0 Å². The highest BCUT2D eigenvalue weighted by molar-refractivity contribution is 9.18. The number of anilines is 1. The molecule has 0 atom stereocenters. The number of para-hydroxylation sites is 2. The minimum absolute atomic E-state index is 0.488. The minimum atomic E-state index is -4.54. The number of hydrogen-bond acceptors (Lipinski definition) is 3. The lowest BCUT2D eigenvalue weighted by molar-refractivity contribution is -0.0551. The number of hydrazone groups is 1. The first-order chi connectivity index (χ1) is 10.5. The standard InChI is InChI=1S/C15H9BrF3N3/c16-14(15(17,18)19)22-21-13-9-5-1-3-7-11(9)20-12-8-4-2-6-10(12)13/h1-8H,(H,20,21)/b22-14-. The summed E-state index contributed by atoms with van der Waals surface area (Å²) < 4.78 is 36.5. The maximum atomic E-state index is 12.5. The summed E-state index contributed by atoms with van der Waals surface area (Å²) in [6.45, 7) is 0. The van der Waals surface area contributed by atoms with E-state index in [4.69, 9.17) is 0 Å². The quantitative estimate of drug-likeness (QED) is 0.390. The van der Waals surface area contributed by atoms with Crippen molar-refractivity contribution in [1.29, 1.82) is 0 Å². The van der Waals surface area contributed by atoms with Gasteiger partial charge in [0.15, 0.2) is 0 Å². The molecule has 1 aromatic heterocycles. The maximum absolute atomic E-state index is 12.5. The third kappa shape index (κ3) is 2.76. The van der Waals surface area contributed by atoms with Gasteiger partial charge in [0.2, 0.25) is 4.62 Å². The summed E-state index contributed by atoms with van der Waals surface area (Å²) in [5, 5.41) is 4.80. The van der Waals surface area contributed by atoms with Gasteiger partial charge in [0.1, 0.15) is 0 Å². The van der Waals surface area contributed by atoms with Gasteiger partial charge in [-0.25, -0.2) is 4.98 Å². The Bertz CT molecular complexity index is 821. The number of hydrogen-bond donors (Lipinski definition) is 1. The summed E-state index contributed by atoms with van der Waals surface area (Å²) >= 11 is 2.43. The Kier molecular flexibility index (Phi) is 3.74. The van der Waals surface area contributed by atoms with Crippen LogP contribution in [0.2, 0.25) is 0 Å². The number of fused-ring (bicyclic) bond motifs is 2. The number of aromatic nitrogens is 1. The third-order valence-corrected chi connectivity index (χ3v) is 3.71.